The van der Waals surface area contributed by atoms with Gasteiger partial charge in [0, 0.05) is 9.79 Å². The van der Waals surface area contributed by atoms with E-state index in [1.54, 1.807) is 23.5 Å². The van der Waals surface area contributed by atoms with E-state index < -0.39 is 0 Å². The summed E-state index contributed by atoms with van der Waals surface area (Å²) >= 11 is 12.9. The summed E-state index contributed by atoms with van der Waals surface area (Å²) in [5, 5.41) is 0. The first kappa shape index (κ1) is 8.94. The van der Waals surface area contributed by atoms with E-state index in [9.17, 15) is 0 Å². The van der Waals surface area contributed by atoms with E-state index >= 15 is 0 Å². The zero-order chi connectivity index (χ0) is 8.55. The van der Waals surface area contributed by atoms with Gasteiger partial charge in [0.1, 0.15) is 0 Å². The fraction of sp³-hybridized carbons (Fsp3) is 0.125. The highest BCUT2D eigenvalue weighted by Crippen LogP contribution is 2.43. The third-order valence-corrected chi connectivity index (χ3v) is 5.42. The van der Waals surface area contributed by atoms with Crippen LogP contribution in [0, 0.1) is 0 Å². The fourth-order valence-electron chi connectivity index (χ4n) is 0.959. The summed E-state index contributed by atoms with van der Waals surface area (Å²) in [6.45, 7) is 0. The topological polar surface area (TPSA) is 0 Å². The number of hydrogen-bond acceptors (Lipinski definition) is 4. The third kappa shape index (κ3) is 1.66. The number of benzene rings is 1. The van der Waals surface area contributed by atoms with Gasteiger partial charge in [-0.05, 0) is 12.1 Å². The van der Waals surface area contributed by atoms with Gasteiger partial charge >= 0.3 is 0 Å². The lowest BCUT2D eigenvalue weighted by atomic mass is 10.4. The molecule has 0 aromatic heterocycles. The van der Waals surface area contributed by atoms with E-state index in [1.165, 1.54) is 9.79 Å². The molecule has 0 aliphatic carbocycles. The Balaban J connectivity index is 2.40. The van der Waals surface area contributed by atoms with Crippen LogP contribution < -0.4 is 0 Å². The lowest BCUT2D eigenvalue weighted by Crippen LogP contribution is -2.08. The van der Waals surface area contributed by atoms with Gasteiger partial charge in [-0.1, -0.05) is 36.1 Å². The van der Waals surface area contributed by atoms with Gasteiger partial charge in [0.2, 0.25) is 0 Å². The highest BCUT2D eigenvalue weighted by atomic mass is 32.2. The maximum atomic E-state index is 5.17. The Kier molecular flexibility index (Phi) is 2.69. The minimum atomic E-state index is 0.167. The van der Waals surface area contributed by atoms with Gasteiger partial charge in [-0.2, -0.15) is 12.6 Å². The van der Waals surface area contributed by atoms with E-state index in [1.807, 2.05) is 12.1 Å². The van der Waals surface area contributed by atoms with Crippen LogP contribution in [-0.4, -0.2) is 8.78 Å². The molecule has 0 spiro atoms. The van der Waals surface area contributed by atoms with E-state index in [-0.39, 0.29) is 4.58 Å². The minimum Gasteiger partial charge on any atom is -0.158 e. The smallest absolute Gasteiger partial charge is 0.0934 e. The molecule has 0 amide bonds. The van der Waals surface area contributed by atoms with Crippen molar-refractivity contribution in [3.05, 3.63) is 24.3 Å². The molecule has 1 heterocycles. The van der Waals surface area contributed by atoms with Crippen LogP contribution in [-0.2, 0) is 0 Å². The molecule has 0 N–H and O–H groups in total. The highest BCUT2D eigenvalue weighted by molar-refractivity contribution is 8.29. The molecule has 2 rings (SSSR count). The summed E-state index contributed by atoms with van der Waals surface area (Å²) in [4.78, 5) is 2.55. The van der Waals surface area contributed by atoms with E-state index in [0.717, 1.165) is 4.20 Å². The lowest BCUT2D eigenvalue weighted by Gasteiger charge is -2.19. The number of thiol groups is 1. The Morgan fingerprint density at radius 3 is 2.67 bits per heavy atom. The Labute approximate surface area is 90.9 Å². The van der Waals surface area contributed by atoms with Crippen molar-refractivity contribution >= 4 is 52.6 Å². The Bertz CT molecular complexity index is 321. The maximum absolute atomic E-state index is 5.17. The lowest BCUT2D eigenvalue weighted by molar-refractivity contribution is 1.25. The SMILES string of the molecule is S=C1Sc2ccccc2SC1S. The first-order valence-electron chi connectivity index (χ1n) is 3.43. The molecular formula is C8H6S4. The molecule has 0 saturated carbocycles. The van der Waals surface area contributed by atoms with Crippen LogP contribution in [0.3, 0.4) is 0 Å². The molecule has 0 bridgehead atoms. The average Bonchev–Trinajstić information content (AvgIpc) is 2.07. The molecule has 1 atom stereocenters. The molecule has 0 saturated heterocycles. The van der Waals surface area contributed by atoms with Crippen molar-refractivity contribution in [1.29, 1.82) is 0 Å². The second-order valence-electron chi connectivity index (χ2n) is 2.34. The van der Waals surface area contributed by atoms with Gasteiger partial charge in [-0.25, -0.2) is 0 Å². The number of rotatable bonds is 0. The van der Waals surface area contributed by atoms with Crippen LogP contribution in [0.1, 0.15) is 0 Å². The van der Waals surface area contributed by atoms with Crippen LogP contribution in [0.25, 0.3) is 0 Å². The van der Waals surface area contributed by atoms with Gasteiger partial charge in [-0.3, -0.25) is 0 Å². The number of thioether (sulfide) groups is 2. The van der Waals surface area contributed by atoms with Crippen LogP contribution in [0.2, 0.25) is 0 Å². The molecule has 12 heavy (non-hydrogen) atoms. The monoisotopic (exact) mass is 230 g/mol. The van der Waals surface area contributed by atoms with Gasteiger partial charge in [-0.15, -0.1) is 11.8 Å². The van der Waals surface area contributed by atoms with E-state index in [4.69, 9.17) is 12.2 Å². The minimum absolute atomic E-state index is 0.167. The van der Waals surface area contributed by atoms with Crippen molar-refractivity contribution in [3.8, 4) is 0 Å². The number of thiocarbonyl (C=S) groups is 1. The molecule has 4 heteroatoms. The fourth-order valence-corrected chi connectivity index (χ4v) is 3.74. The van der Waals surface area contributed by atoms with Crippen LogP contribution in [0.4, 0.5) is 0 Å². The maximum Gasteiger partial charge on any atom is 0.0934 e. The van der Waals surface area contributed by atoms with Crippen molar-refractivity contribution < 1.29 is 0 Å². The van der Waals surface area contributed by atoms with Crippen molar-refractivity contribution in [2.75, 3.05) is 0 Å². The van der Waals surface area contributed by atoms with Gasteiger partial charge < -0.3 is 0 Å². The third-order valence-electron chi connectivity index (χ3n) is 1.50. The number of fused-ring (bicyclic) bond motifs is 1. The molecule has 1 unspecified atom stereocenters. The average molecular weight is 230 g/mol. The molecule has 0 nitrogen and oxygen atoms in total. The standard InChI is InChI=1S/C8H6S4/c9-7-8(10)12-6-4-2-1-3-5(6)11-7/h1-4,7,9H. The van der Waals surface area contributed by atoms with Crippen LogP contribution in [0.5, 0.6) is 0 Å². The van der Waals surface area contributed by atoms with E-state index in [2.05, 4.69) is 24.8 Å². The summed E-state index contributed by atoms with van der Waals surface area (Å²) in [7, 11) is 0. The normalized spacial score (nSPS) is 22.1. The highest BCUT2D eigenvalue weighted by Gasteiger charge is 2.20. The summed E-state index contributed by atoms with van der Waals surface area (Å²) < 4.78 is 1.13. The Morgan fingerprint density at radius 1 is 1.25 bits per heavy atom. The Morgan fingerprint density at radius 2 is 1.92 bits per heavy atom. The predicted molar refractivity (Wildman–Crippen MR) is 63.5 cm³/mol. The van der Waals surface area contributed by atoms with E-state index in [0.29, 0.717) is 0 Å². The second kappa shape index (κ2) is 3.62. The van der Waals surface area contributed by atoms with Gasteiger partial charge in [0.25, 0.3) is 0 Å². The zero-order valence-corrected chi connectivity index (χ0v) is 9.40. The first-order chi connectivity index (χ1) is 5.77. The molecule has 1 aromatic rings. The molecule has 0 fully saturated rings. The first-order valence-corrected chi connectivity index (χ1v) is 6.05. The second-order valence-corrected chi connectivity index (χ2v) is 6.13. The molecule has 1 aliphatic heterocycles. The zero-order valence-electron chi connectivity index (χ0n) is 6.06. The molecule has 0 radical (unpaired) electrons. The van der Waals surface area contributed by atoms with Crippen LogP contribution >= 0.6 is 48.4 Å². The summed E-state index contributed by atoms with van der Waals surface area (Å²) in [5.74, 6) is 0. The summed E-state index contributed by atoms with van der Waals surface area (Å²) in [5.41, 5.74) is 0. The molecular weight excluding hydrogens is 224 g/mol. The van der Waals surface area contributed by atoms with Gasteiger partial charge in [0.15, 0.2) is 0 Å². The summed E-state index contributed by atoms with van der Waals surface area (Å²) in [6.07, 6.45) is 0. The Hall–Kier alpha value is 0.360. The van der Waals surface area contributed by atoms with Crippen molar-refractivity contribution in [3.63, 3.8) is 0 Å². The molecule has 1 aromatic carbocycles. The van der Waals surface area contributed by atoms with Gasteiger partial charge in [0.05, 0.1) is 8.78 Å². The van der Waals surface area contributed by atoms with Crippen molar-refractivity contribution in [2.24, 2.45) is 0 Å². The van der Waals surface area contributed by atoms with Crippen molar-refractivity contribution in [2.45, 2.75) is 14.4 Å². The van der Waals surface area contributed by atoms with Crippen LogP contribution in [0.15, 0.2) is 34.1 Å². The van der Waals surface area contributed by atoms with Crippen molar-refractivity contribution in [1.82, 2.24) is 0 Å². The quantitative estimate of drug-likeness (QED) is 0.536. The largest absolute Gasteiger partial charge is 0.158 e. The summed E-state index contributed by atoms with van der Waals surface area (Å²) in [6, 6.07) is 8.28. The number of hydrogen-bond donors (Lipinski definition) is 1. The predicted octanol–water partition coefficient (Wildman–Crippen LogP) is 3.47. The molecule has 1 aliphatic rings. The molecule has 62 valence electrons.